The highest BCUT2D eigenvalue weighted by atomic mass is 32.2. The molecule has 1 amide bonds. The minimum atomic E-state index is -3.72. The molecule has 0 aliphatic heterocycles. The van der Waals surface area contributed by atoms with Crippen LogP contribution in [0.3, 0.4) is 0 Å². The van der Waals surface area contributed by atoms with Crippen LogP contribution in [0.5, 0.6) is 0 Å². The van der Waals surface area contributed by atoms with Gasteiger partial charge in [-0.25, -0.2) is 17.9 Å². The fraction of sp³-hybridized carbons (Fsp3) is 0.381. The molecular formula is C21H23N3O5S2. The average molecular weight is 462 g/mol. The first-order chi connectivity index (χ1) is 14.9. The van der Waals surface area contributed by atoms with Gasteiger partial charge in [-0.05, 0) is 49.4 Å². The van der Waals surface area contributed by atoms with Crippen LogP contribution in [-0.4, -0.2) is 33.4 Å². The van der Waals surface area contributed by atoms with Gasteiger partial charge in [0.25, 0.3) is 5.91 Å². The number of fused-ring (bicyclic) bond motifs is 1. The zero-order chi connectivity index (χ0) is 22.4. The van der Waals surface area contributed by atoms with Crippen LogP contribution in [0.15, 0.2) is 29.2 Å². The lowest BCUT2D eigenvalue weighted by Gasteiger charge is -2.08. The summed E-state index contributed by atoms with van der Waals surface area (Å²) in [7, 11) is -3.72. The van der Waals surface area contributed by atoms with Crippen molar-refractivity contribution in [3.05, 3.63) is 45.8 Å². The van der Waals surface area contributed by atoms with E-state index in [9.17, 15) is 23.3 Å². The van der Waals surface area contributed by atoms with Gasteiger partial charge in [-0.2, -0.15) is 5.26 Å². The summed E-state index contributed by atoms with van der Waals surface area (Å²) in [5, 5.41) is 12.7. The minimum absolute atomic E-state index is 0.0207. The van der Waals surface area contributed by atoms with E-state index in [4.69, 9.17) is 4.74 Å². The number of thiophene rings is 1. The van der Waals surface area contributed by atoms with E-state index in [0.717, 1.165) is 42.5 Å². The number of nitrogens with zero attached hydrogens (tertiary/aromatic N) is 1. The summed E-state index contributed by atoms with van der Waals surface area (Å²) in [6.07, 6.45) is 4.93. The zero-order valence-corrected chi connectivity index (χ0v) is 18.7. The molecule has 1 aromatic carbocycles. The molecule has 0 radical (unpaired) electrons. The third-order valence-electron chi connectivity index (χ3n) is 4.83. The average Bonchev–Trinajstić information content (AvgIpc) is 2.91. The molecule has 1 heterocycles. The van der Waals surface area contributed by atoms with Gasteiger partial charge in [-0.1, -0.05) is 19.4 Å². The third kappa shape index (κ3) is 5.50. The number of nitrogens with one attached hydrogen (secondary N) is 2. The van der Waals surface area contributed by atoms with Crippen LogP contribution in [0.2, 0.25) is 0 Å². The van der Waals surface area contributed by atoms with Crippen LogP contribution in [0.4, 0.5) is 5.00 Å². The Morgan fingerprint density at radius 3 is 2.74 bits per heavy atom. The molecule has 1 aliphatic carbocycles. The third-order valence-corrected chi connectivity index (χ3v) is 7.59. The standard InChI is InChI=1S/C21H23N3O5S2/c1-2-23-31(27,28)15-8-6-7-14(11-15)21(26)29-13-19(25)24-20-17(12-22)16-9-4-3-5-10-18(16)30-20/h6-8,11,23H,2-5,9-10,13H2,1H3,(H,24,25). The summed E-state index contributed by atoms with van der Waals surface area (Å²) in [5.41, 5.74) is 1.52. The predicted octanol–water partition coefficient (Wildman–Crippen LogP) is 2.98. The summed E-state index contributed by atoms with van der Waals surface area (Å²) < 4.78 is 31.6. The summed E-state index contributed by atoms with van der Waals surface area (Å²) in [6, 6.07) is 7.59. The number of hydrogen-bond donors (Lipinski definition) is 2. The van der Waals surface area contributed by atoms with Gasteiger partial charge in [0.05, 0.1) is 16.0 Å². The number of amides is 1. The molecule has 0 fully saturated rings. The molecule has 0 spiro atoms. The second kappa shape index (κ2) is 10.0. The highest BCUT2D eigenvalue weighted by molar-refractivity contribution is 7.89. The first-order valence-corrected chi connectivity index (χ1v) is 12.3. The first kappa shape index (κ1) is 22.9. The Balaban J connectivity index is 1.64. The van der Waals surface area contributed by atoms with E-state index >= 15 is 0 Å². The molecule has 2 N–H and O–H groups in total. The number of carbonyl (C=O) groups is 2. The van der Waals surface area contributed by atoms with Crippen LogP contribution in [0.25, 0.3) is 0 Å². The van der Waals surface area contributed by atoms with Gasteiger partial charge >= 0.3 is 5.97 Å². The molecule has 8 nitrogen and oxygen atoms in total. The molecule has 3 rings (SSSR count). The molecule has 1 aliphatic rings. The maximum absolute atomic E-state index is 12.3. The SMILES string of the molecule is CCNS(=O)(=O)c1cccc(C(=O)OCC(=O)Nc2sc3c(c2C#N)CCCCC3)c1. The van der Waals surface area contributed by atoms with Crippen molar-refractivity contribution < 1.29 is 22.7 Å². The van der Waals surface area contributed by atoms with Crippen LogP contribution in [0, 0.1) is 11.3 Å². The number of esters is 1. The van der Waals surface area contributed by atoms with E-state index < -0.39 is 28.5 Å². The molecule has 164 valence electrons. The number of sulfonamides is 1. The first-order valence-electron chi connectivity index (χ1n) is 9.97. The van der Waals surface area contributed by atoms with Crippen molar-refractivity contribution in [2.45, 2.75) is 43.9 Å². The Labute approximate surface area is 185 Å². The van der Waals surface area contributed by atoms with Gasteiger partial charge in [-0.3, -0.25) is 4.79 Å². The molecule has 0 saturated carbocycles. The maximum atomic E-state index is 12.3. The second-order valence-corrected chi connectivity index (χ2v) is 9.91. The number of rotatable bonds is 7. The lowest BCUT2D eigenvalue weighted by Crippen LogP contribution is -2.24. The Hall–Kier alpha value is -2.74. The summed E-state index contributed by atoms with van der Waals surface area (Å²) in [6.45, 7) is 1.32. The van der Waals surface area contributed by atoms with Gasteiger partial charge in [0.2, 0.25) is 10.0 Å². The molecule has 0 atom stereocenters. The number of aryl methyl sites for hydroxylation is 1. The number of nitriles is 1. The van der Waals surface area contributed by atoms with Crippen molar-refractivity contribution in [1.29, 1.82) is 5.26 Å². The fourth-order valence-corrected chi connectivity index (χ4v) is 5.73. The number of anilines is 1. The molecule has 2 aromatic rings. The smallest absolute Gasteiger partial charge is 0.338 e. The predicted molar refractivity (Wildman–Crippen MR) is 117 cm³/mol. The van der Waals surface area contributed by atoms with E-state index in [2.05, 4.69) is 16.1 Å². The number of benzene rings is 1. The van der Waals surface area contributed by atoms with Gasteiger partial charge in [-0.15, -0.1) is 11.3 Å². The lowest BCUT2D eigenvalue weighted by atomic mass is 10.1. The van der Waals surface area contributed by atoms with Gasteiger partial charge < -0.3 is 10.1 Å². The molecule has 31 heavy (non-hydrogen) atoms. The molecule has 0 bridgehead atoms. The maximum Gasteiger partial charge on any atom is 0.338 e. The number of carbonyl (C=O) groups excluding carboxylic acids is 2. The van der Waals surface area contributed by atoms with Crippen molar-refractivity contribution in [3.8, 4) is 6.07 Å². The van der Waals surface area contributed by atoms with E-state index in [1.807, 2.05) is 0 Å². The van der Waals surface area contributed by atoms with E-state index in [1.54, 1.807) is 6.92 Å². The van der Waals surface area contributed by atoms with Crippen LogP contribution in [0.1, 0.15) is 52.5 Å². The van der Waals surface area contributed by atoms with E-state index in [1.165, 1.54) is 35.6 Å². The Morgan fingerprint density at radius 2 is 2.00 bits per heavy atom. The molecule has 0 saturated heterocycles. The summed E-state index contributed by atoms with van der Waals surface area (Å²) in [5.74, 6) is -1.37. The van der Waals surface area contributed by atoms with Gasteiger partial charge in [0, 0.05) is 11.4 Å². The fourth-order valence-electron chi connectivity index (χ4n) is 3.39. The van der Waals surface area contributed by atoms with Crippen molar-refractivity contribution in [1.82, 2.24) is 4.72 Å². The molecular weight excluding hydrogens is 438 g/mol. The number of ether oxygens (including phenoxy) is 1. The van der Waals surface area contributed by atoms with Gasteiger partial charge in [0.15, 0.2) is 6.61 Å². The Morgan fingerprint density at radius 1 is 1.23 bits per heavy atom. The van der Waals surface area contributed by atoms with Crippen LogP contribution in [-0.2, 0) is 32.4 Å². The van der Waals surface area contributed by atoms with E-state index in [-0.39, 0.29) is 17.0 Å². The van der Waals surface area contributed by atoms with Crippen LogP contribution < -0.4 is 10.0 Å². The van der Waals surface area contributed by atoms with Crippen LogP contribution >= 0.6 is 11.3 Å². The summed E-state index contributed by atoms with van der Waals surface area (Å²) in [4.78, 5) is 25.7. The van der Waals surface area contributed by atoms with Crippen molar-refractivity contribution >= 4 is 38.2 Å². The molecule has 0 unspecified atom stereocenters. The topological polar surface area (TPSA) is 125 Å². The molecule has 10 heteroatoms. The monoisotopic (exact) mass is 461 g/mol. The van der Waals surface area contributed by atoms with Gasteiger partial charge in [0.1, 0.15) is 11.1 Å². The lowest BCUT2D eigenvalue weighted by molar-refractivity contribution is -0.119. The normalized spacial score (nSPS) is 13.5. The highest BCUT2D eigenvalue weighted by Crippen LogP contribution is 2.36. The number of hydrogen-bond acceptors (Lipinski definition) is 7. The quantitative estimate of drug-likeness (QED) is 0.482. The van der Waals surface area contributed by atoms with Crippen molar-refractivity contribution in [3.63, 3.8) is 0 Å². The minimum Gasteiger partial charge on any atom is -0.452 e. The summed E-state index contributed by atoms with van der Waals surface area (Å²) >= 11 is 1.40. The highest BCUT2D eigenvalue weighted by Gasteiger charge is 2.22. The largest absolute Gasteiger partial charge is 0.452 e. The Kier molecular flexibility index (Phi) is 7.43. The molecule has 1 aromatic heterocycles. The van der Waals surface area contributed by atoms with E-state index in [0.29, 0.717) is 10.6 Å². The van der Waals surface area contributed by atoms with Crippen molar-refractivity contribution in [2.75, 3.05) is 18.5 Å². The second-order valence-electron chi connectivity index (χ2n) is 7.03. The zero-order valence-electron chi connectivity index (χ0n) is 17.1. The Bertz CT molecular complexity index is 1130. The van der Waals surface area contributed by atoms with Crippen molar-refractivity contribution in [2.24, 2.45) is 0 Å².